The molecule has 6 nitrogen and oxygen atoms in total. The lowest BCUT2D eigenvalue weighted by molar-refractivity contribution is 0.0775. The summed E-state index contributed by atoms with van der Waals surface area (Å²) in [4.78, 5) is 29.9. The van der Waals surface area contributed by atoms with E-state index >= 15 is 0 Å². The SMILES string of the molecule is Cc1[nH]c2c(c1C(=O)N(C)Cc1cc(C(C)C)on1)C(=O)CCC2. The molecule has 0 spiro atoms. The van der Waals surface area contributed by atoms with Crippen LogP contribution < -0.4 is 0 Å². The van der Waals surface area contributed by atoms with E-state index in [0.717, 1.165) is 30.0 Å². The second-order valence-electron chi connectivity index (χ2n) is 6.79. The summed E-state index contributed by atoms with van der Waals surface area (Å²) in [7, 11) is 1.72. The van der Waals surface area contributed by atoms with Crippen molar-refractivity contribution < 1.29 is 14.1 Å². The number of aromatic amines is 1. The molecule has 0 bridgehead atoms. The minimum Gasteiger partial charge on any atom is -0.361 e. The third-order valence-corrected chi connectivity index (χ3v) is 4.48. The van der Waals surface area contributed by atoms with Gasteiger partial charge in [0.15, 0.2) is 5.78 Å². The maximum Gasteiger partial charge on any atom is 0.256 e. The second-order valence-corrected chi connectivity index (χ2v) is 6.79. The Bertz CT molecular complexity index is 786. The molecule has 1 amide bonds. The predicted molar refractivity (Wildman–Crippen MR) is 89.2 cm³/mol. The quantitative estimate of drug-likeness (QED) is 0.934. The molecule has 0 radical (unpaired) electrons. The van der Waals surface area contributed by atoms with Crippen LogP contribution in [0.3, 0.4) is 0 Å². The lowest BCUT2D eigenvalue weighted by atomic mass is 9.93. The van der Waals surface area contributed by atoms with Gasteiger partial charge in [-0.05, 0) is 19.8 Å². The summed E-state index contributed by atoms with van der Waals surface area (Å²) in [6.07, 6.45) is 2.17. The van der Waals surface area contributed by atoms with E-state index in [1.807, 2.05) is 26.8 Å². The Morgan fingerprint density at radius 3 is 2.83 bits per heavy atom. The van der Waals surface area contributed by atoms with E-state index in [4.69, 9.17) is 4.52 Å². The van der Waals surface area contributed by atoms with E-state index in [1.165, 1.54) is 0 Å². The van der Waals surface area contributed by atoms with E-state index in [0.29, 0.717) is 29.8 Å². The molecule has 0 aromatic carbocycles. The van der Waals surface area contributed by atoms with E-state index < -0.39 is 0 Å². The first-order valence-electron chi connectivity index (χ1n) is 8.34. The molecular weight excluding hydrogens is 306 g/mol. The molecule has 1 N–H and O–H groups in total. The Hall–Kier alpha value is -2.37. The van der Waals surface area contributed by atoms with Crippen LogP contribution in [0.25, 0.3) is 0 Å². The Morgan fingerprint density at radius 2 is 2.17 bits per heavy atom. The lowest BCUT2D eigenvalue weighted by Crippen LogP contribution is -2.28. The molecule has 2 aromatic heterocycles. The minimum absolute atomic E-state index is 0.0564. The Balaban J connectivity index is 1.83. The first-order valence-corrected chi connectivity index (χ1v) is 8.34. The van der Waals surface area contributed by atoms with Gasteiger partial charge in [0.25, 0.3) is 5.91 Å². The average Bonchev–Trinajstić information content (AvgIpc) is 3.11. The second kappa shape index (κ2) is 6.26. The zero-order valence-corrected chi connectivity index (χ0v) is 14.6. The molecule has 0 unspecified atom stereocenters. The zero-order chi connectivity index (χ0) is 17.4. The first-order chi connectivity index (χ1) is 11.4. The summed E-state index contributed by atoms with van der Waals surface area (Å²) in [5.74, 6) is 0.954. The molecule has 0 saturated heterocycles. The van der Waals surface area contributed by atoms with Gasteiger partial charge in [-0.2, -0.15) is 0 Å². The van der Waals surface area contributed by atoms with Gasteiger partial charge in [0, 0.05) is 36.8 Å². The number of carbonyl (C=O) groups is 2. The van der Waals surface area contributed by atoms with Crippen LogP contribution in [0.15, 0.2) is 10.6 Å². The highest BCUT2D eigenvalue weighted by molar-refractivity contribution is 6.10. The van der Waals surface area contributed by atoms with Crippen molar-refractivity contribution in [3.05, 3.63) is 40.0 Å². The van der Waals surface area contributed by atoms with Crippen molar-refractivity contribution in [1.82, 2.24) is 15.0 Å². The molecular formula is C18H23N3O3. The number of nitrogens with one attached hydrogen (secondary N) is 1. The van der Waals surface area contributed by atoms with Gasteiger partial charge < -0.3 is 14.4 Å². The standard InChI is InChI=1S/C18H23N3O3/c1-10(2)15-8-12(20-24-15)9-21(4)18(23)16-11(3)19-13-6-5-7-14(22)17(13)16/h8,10,19H,5-7,9H2,1-4H3. The topological polar surface area (TPSA) is 79.2 Å². The van der Waals surface area contributed by atoms with Gasteiger partial charge in [0.2, 0.25) is 0 Å². The van der Waals surface area contributed by atoms with Crippen molar-refractivity contribution in [2.75, 3.05) is 7.05 Å². The van der Waals surface area contributed by atoms with Crippen LogP contribution in [0.4, 0.5) is 0 Å². The summed E-state index contributed by atoms with van der Waals surface area (Å²) in [6.45, 7) is 6.25. The molecule has 3 rings (SSSR count). The summed E-state index contributed by atoms with van der Waals surface area (Å²) in [5, 5.41) is 4.02. The van der Waals surface area contributed by atoms with Crippen molar-refractivity contribution in [2.24, 2.45) is 0 Å². The molecule has 0 saturated carbocycles. The van der Waals surface area contributed by atoms with Crippen LogP contribution in [0.1, 0.15) is 76.2 Å². The van der Waals surface area contributed by atoms with Crippen LogP contribution in [0.5, 0.6) is 0 Å². The van der Waals surface area contributed by atoms with Gasteiger partial charge in [0.1, 0.15) is 11.5 Å². The normalized spacial score (nSPS) is 14.1. The van der Waals surface area contributed by atoms with Gasteiger partial charge in [-0.1, -0.05) is 19.0 Å². The van der Waals surface area contributed by atoms with E-state index in [2.05, 4.69) is 10.1 Å². The van der Waals surface area contributed by atoms with Gasteiger partial charge in [-0.15, -0.1) is 0 Å². The summed E-state index contributed by atoms with van der Waals surface area (Å²) in [5.41, 5.74) is 3.45. The molecule has 2 heterocycles. The highest BCUT2D eigenvalue weighted by Gasteiger charge is 2.30. The number of aryl methyl sites for hydroxylation is 2. The van der Waals surface area contributed by atoms with Crippen LogP contribution in [-0.2, 0) is 13.0 Å². The number of carbonyl (C=O) groups excluding carboxylic acids is 2. The number of amides is 1. The highest BCUT2D eigenvalue weighted by atomic mass is 16.5. The smallest absolute Gasteiger partial charge is 0.256 e. The summed E-state index contributed by atoms with van der Waals surface area (Å²) in [6, 6.07) is 1.87. The van der Waals surface area contributed by atoms with Crippen LogP contribution in [0, 0.1) is 6.92 Å². The fourth-order valence-corrected chi connectivity index (χ4v) is 3.18. The van der Waals surface area contributed by atoms with Gasteiger partial charge >= 0.3 is 0 Å². The fraction of sp³-hybridized carbons (Fsp3) is 0.500. The van der Waals surface area contributed by atoms with Crippen molar-refractivity contribution in [1.29, 1.82) is 0 Å². The molecule has 2 aromatic rings. The highest BCUT2D eigenvalue weighted by Crippen LogP contribution is 2.28. The Kier molecular flexibility index (Phi) is 4.30. The molecule has 0 fully saturated rings. The number of fused-ring (bicyclic) bond motifs is 1. The fourth-order valence-electron chi connectivity index (χ4n) is 3.18. The molecule has 1 aliphatic rings. The van der Waals surface area contributed by atoms with Crippen LogP contribution in [0.2, 0.25) is 0 Å². The van der Waals surface area contributed by atoms with E-state index in [1.54, 1.807) is 11.9 Å². The van der Waals surface area contributed by atoms with Crippen LogP contribution >= 0.6 is 0 Å². The lowest BCUT2D eigenvalue weighted by Gasteiger charge is -2.17. The van der Waals surface area contributed by atoms with Crippen molar-refractivity contribution >= 4 is 11.7 Å². The van der Waals surface area contributed by atoms with Crippen LogP contribution in [-0.4, -0.2) is 33.8 Å². The number of hydrogen-bond donors (Lipinski definition) is 1. The summed E-state index contributed by atoms with van der Waals surface area (Å²) < 4.78 is 5.28. The largest absolute Gasteiger partial charge is 0.361 e. The molecule has 0 aliphatic heterocycles. The number of hydrogen-bond acceptors (Lipinski definition) is 4. The predicted octanol–water partition coefficient (Wildman–Crippen LogP) is 3.23. The van der Waals surface area contributed by atoms with Gasteiger partial charge in [-0.3, -0.25) is 9.59 Å². The zero-order valence-electron chi connectivity index (χ0n) is 14.6. The average molecular weight is 329 g/mol. The van der Waals surface area contributed by atoms with E-state index in [-0.39, 0.29) is 17.6 Å². The van der Waals surface area contributed by atoms with Gasteiger partial charge in [-0.25, -0.2) is 0 Å². The van der Waals surface area contributed by atoms with Crippen molar-refractivity contribution in [2.45, 2.75) is 52.5 Å². The molecule has 24 heavy (non-hydrogen) atoms. The van der Waals surface area contributed by atoms with Crippen molar-refractivity contribution in [3.63, 3.8) is 0 Å². The Morgan fingerprint density at radius 1 is 1.42 bits per heavy atom. The van der Waals surface area contributed by atoms with Gasteiger partial charge in [0.05, 0.1) is 17.7 Å². The molecule has 0 atom stereocenters. The van der Waals surface area contributed by atoms with Crippen molar-refractivity contribution in [3.8, 4) is 0 Å². The number of nitrogens with zero attached hydrogens (tertiary/aromatic N) is 2. The number of ketones is 1. The Labute approximate surface area is 141 Å². The summed E-state index contributed by atoms with van der Waals surface area (Å²) >= 11 is 0. The third kappa shape index (κ3) is 2.88. The number of H-pyrrole nitrogens is 1. The maximum absolute atomic E-state index is 12.9. The molecule has 6 heteroatoms. The first kappa shape index (κ1) is 16.5. The minimum atomic E-state index is -0.158. The monoisotopic (exact) mass is 329 g/mol. The van der Waals surface area contributed by atoms with E-state index in [9.17, 15) is 9.59 Å². The number of rotatable bonds is 4. The number of aromatic nitrogens is 2. The molecule has 1 aliphatic carbocycles. The maximum atomic E-state index is 12.9. The number of Topliss-reactive ketones (excluding diaryl/α,β-unsaturated/α-hetero) is 1. The molecule has 128 valence electrons. The third-order valence-electron chi connectivity index (χ3n) is 4.48.